The van der Waals surface area contributed by atoms with Gasteiger partial charge >= 0.3 is 12.1 Å². The highest BCUT2D eigenvalue weighted by molar-refractivity contribution is 5.81. The van der Waals surface area contributed by atoms with Gasteiger partial charge in [0.2, 0.25) is 0 Å². The van der Waals surface area contributed by atoms with Gasteiger partial charge in [0.1, 0.15) is 0 Å². The van der Waals surface area contributed by atoms with Gasteiger partial charge in [0.25, 0.3) is 5.72 Å². The molecule has 1 aliphatic rings. The molecule has 6 nitrogen and oxygen atoms in total. The highest BCUT2D eigenvalue weighted by Crippen LogP contribution is 2.21. The maximum atomic E-state index is 10.8. The monoisotopic (exact) mass is 188 g/mol. The van der Waals surface area contributed by atoms with Crippen LogP contribution in [0.5, 0.6) is 0 Å². The molecule has 0 unspecified atom stereocenters. The predicted molar refractivity (Wildman–Crippen MR) is 43.1 cm³/mol. The highest BCUT2D eigenvalue weighted by Gasteiger charge is 2.45. The lowest BCUT2D eigenvalue weighted by Crippen LogP contribution is -2.52. The van der Waals surface area contributed by atoms with E-state index in [2.05, 4.69) is 10.6 Å². The molecule has 0 spiro atoms. The van der Waals surface area contributed by atoms with Gasteiger partial charge in [0.05, 0.1) is 0 Å². The topological polar surface area (TPSA) is 87.7 Å². The predicted octanol–water partition coefficient (Wildman–Crippen LogP) is -0.493. The molecule has 74 valence electrons. The number of aliphatic carboxylic acids is 1. The van der Waals surface area contributed by atoms with Crippen molar-refractivity contribution < 1.29 is 19.4 Å². The van der Waals surface area contributed by atoms with E-state index in [0.29, 0.717) is 19.4 Å². The zero-order chi connectivity index (χ0) is 9.90. The SMILES string of the molecule is CNC(=O)O[C@@]1(C(=O)O)CCCN1. The third-order valence-electron chi connectivity index (χ3n) is 1.93. The van der Waals surface area contributed by atoms with Gasteiger partial charge in [-0.3, -0.25) is 5.32 Å². The van der Waals surface area contributed by atoms with Crippen LogP contribution in [-0.4, -0.2) is 36.5 Å². The molecular weight excluding hydrogens is 176 g/mol. The van der Waals surface area contributed by atoms with Gasteiger partial charge < -0.3 is 15.2 Å². The minimum atomic E-state index is -1.53. The molecule has 1 heterocycles. The van der Waals surface area contributed by atoms with E-state index in [1.54, 1.807) is 0 Å². The van der Waals surface area contributed by atoms with Crippen LogP contribution in [0.15, 0.2) is 0 Å². The number of carboxylic acid groups (broad SMARTS) is 1. The number of alkyl carbamates (subject to hydrolysis) is 1. The molecule has 13 heavy (non-hydrogen) atoms. The van der Waals surface area contributed by atoms with Crippen LogP contribution in [0.25, 0.3) is 0 Å². The molecule has 1 atom stereocenters. The lowest BCUT2D eigenvalue weighted by atomic mass is 10.2. The Bertz CT molecular complexity index is 223. The molecule has 6 heteroatoms. The number of carbonyl (C=O) groups excluding carboxylic acids is 1. The van der Waals surface area contributed by atoms with Crippen LogP contribution in [0, 0.1) is 0 Å². The van der Waals surface area contributed by atoms with Crippen molar-refractivity contribution in [3.63, 3.8) is 0 Å². The van der Waals surface area contributed by atoms with Crippen LogP contribution in [0.1, 0.15) is 12.8 Å². The summed E-state index contributed by atoms with van der Waals surface area (Å²) >= 11 is 0. The number of ether oxygens (including phenoxy) is 1. The standard InChI is InChI=1S/C7H12N2O4/c1-8-6(12)13-7(5(10)11)3-2-4-9-7/h9H,2-4H2,1H3,(H,8,12)(H,10,11)/t7-/m1/s1. The Morgan fingerprint density at radius 2 is 2.31 bits per heavy atom. The maximum Gasteiger partial charge on any atom is 0.409 e. The van der Waals surface area contributed by atoms with E-state index in [1.807, 2.05) is 0 Å². The summed E-state index contributed by atoms with van der Waals surface area (Å²) in [5.74, 6) is -1.16. The minimum absolute atomic E-state index is 0.301. The second-order valence-corrected chi connectivity index (χ2v) is 2.80. The van der Waals surface area contributed by atoms with E-state index in [9.17, 15) is 9.59 Å². The Morgan fingerprint density at radius 3 is 2.69 bits per heavy atom. The number of rotatable bonds is 2. The van der Waals surface area contributed by atoms with Crippen LogP contribution in [-0.2, 0) is 9.53 Å². The van der Waals surface area contributed by atoms with Gasteiger partial charge in [-0.1, -0.05) is 0 Å². The first-order chi connectivity index (χ1) is 6.10. The summed E-state index contributed by atoms with van der Waals surface area (Å²) in [5.41, 5.74) is -1.53. The van der Waals surface area contributed by atoms with Gasteiger partial charge in [0.15, 0.2) is 0 Å². The van der Waals surface area contributed by atoms with Crippen molar-refractivity contribution in [3.05, 3.63) is 0 Å². The summed E-state index contributed by atoms with van der Waals surface area (Å²) < 4.78 is 4.75. The summed E-state index contributed by atoms with van der Waals surface area (Å²) in [7, 11) is 1.38. The molecule has 3 N–H and O–H groups in total. The first-order valence-corrected chi connectivity index (χ1v) is 4.00. The molecule has 0 bridgehead atoms. The second-order valence-electron chi connectivity index (χ2n) is 2.80. The van der Waals surface area contributed by atoms with E-state index in [4.69, 9.17) is 9.84 Å². The molecule has 0 aliphatic carbocycles. The summed E-state index contributed by atoms with van der Waals surface area (Å²) in [6.45, 7) is 0.545. The minimum Gasteiger partial charge on any atom is -0.477 e. The quantitative estimate of drug-likeness (QED) is 0.544. The van der Waals surface area contributed by atoms with E-state index in [1.165, 1.54) is 7.05 Å². The molecule has 0 radical (unpaired) electrons. The largest absolute Gasteiger partial charge is 0.477 e. The van der Waals surface area contributed by atoms with Crippen LogP contribution in [0.3, 0.4) is 0 Å². The third kappa shape index (κ3) is 1.89. The Balaban J connectivity index is 2.68. The summed E-state index contributed by atoms with van der Waals surface area (Å²) in [6, 6.07) is 0. The number of carbonyl (C=O) groups is 2. The van der Waals surface area contributed by atoms with Crippen molar-refractivity contribution in [3.8, 4) is 0 Å². The molecule has 0 aromatic carbocycles. The summed E-state index contributed by atoms with van der Waals surface area (Å²) in [6.07, 6.45) is 0.246. The lowest BCUT2D eigenvalue weighted by Gasteiger charge is -2.23. The number of hydrogen-bond donors (Lipinski definition) is 3. The Hall–Kier alpha value is -1.30. The van der Waals surface area contributed by atoms with Crippen molar-refractivity contribution in [2.45, 2.75) is 18.6 Å². The zero-order valence-electron chi connectivity index (χ0n) is 7.29. The molecule has 1 amide bonds. The normalized spacial score (nSPS) is 26.8. The molecule has 0 aromatic heterocycles. The van der Waals surface area contributed by atoms with Crippen LogP contribution in [0.2, 0.25) is 0 Å². The smallest absolute Gasteiger partial charge is 0.409 e. The average molecular weight is 188 g/mol. The van der Waals surface area contributed by atoms with Crippen molar-refractivity contribution in [2.75, 3.05) is 13.6 Å². The molecule has 0 saturated carbocycles. The van der Waals surface area contributed by atoms with Gasteiger partial charge in [-0.2, -0.15) is 0 Å². The van der Waals surface area contributed by atoms with E-state index in [0.717, 1.165) is 0 Å². The van der Waals surface area contributed by atoms with Gasteiger partial charge in [-0.15, -0.1) is 0 Å². The maximum absolute atomic E-state index is 10.8. The summed E-state index contributed by atoms with van der Waals surface area (Å²) in [5, 5.41) is 13.7. The van der Waals surface area contributed by atoms with E-state index < -0.39 is 17.8 Å². The van der Waals surface area contributed by atoms with Gasteiger partial charge in [-0.05, 0) is 13.0 Å². The van der Waals surface area contributed by atoms with E-state index >= 15 is 0 Å². The number of amides is 1. The Labute approximate surface area is 75.3 Å². The van der Waals surface area contributed by atoms with Crippen molar-refractivity contribution in [1.82, 2.24) is 10.6 Å². The van der Waals surface area contributed by atoms with Crippen LogP contribution in [0.4, 0.5) is 4.79 Å². The number of nitrogens with one attached hydrogen (secondary N) is 2. The van der Waals surface area contributed by atoms with Crippen LogP contribution < -0.4 is 10.6 Å². The van der Waals surface area contributed by atoms with Gasteiger partial charge in [0, 0.05) is 13.5 Å². The van der Waals surface area contributed by atoms with E-state index in [-0.39, 0.29) is 0 Å². The second kappa shape index (κ2) is 3.61. The fourth-order valence-electron chi connectivity index (χ4n) is 1.24. The van der Waals surface area contributed by atoms with Crippen molar-refractivity contribution in [1.29, 1.82) is 0 Å². The fourth-order valence-corrected chi connectivity index (χ4v) is 1.24. The molecule has 0 aromatic rings. The highest BCUT2D eigenvalue weighted by atomic mass is 16.6. The molecular formula is C7H12N2O4. The zero-order valence-corrected chi connectivity index (χ0v) is 7.29. The Morgan fingerprint density at radius 1 is 1.62 bits per heavy atom. The van der Waals surface area contributed by atoms with Gasteiger partial charge in [-0.25, -0.2) is 9.59 Å². The molecule has 1 fully saturated rings. The van der Waals surface area contributed by atoms with Crippen LogP contribution >= 0.6 is 0 Å². The lowest BCUT2D eigenvalue weighted by molar-refractivity contribution is -0.160. The third-order valence-corrected chi connectivity index (χ3v) is 1.93. The number of carboxylic acids is 1. The first kappa shape index (κ1) is 9.79. The average Bonchev–Trinajstić information content (AvgIpc) is 2.54. The van der Waals surface area contributed by atoms with Crippen molar-refractivity contribution in [2.24, 2.45) is 0 Å². The number of hydrogen-bond acceptors (Lipinski definition) is 4. The molecule has 1 saturated heterocycles. The molecule has 1 rings (SSSR count). The fraction of sp³-hybridized carbons (Fsp3) is 0.714. The molecule has 1 aliphatic heterocycles. The summed E-state index contributed by atoms with van der Waals surface area (Å²) in [4.78, 5) is 21.6. The van der Waals surface area contributed by atoms with Crippen molar-refractivity contribution >= 4 is 12.1 Å². The Kier molecular flexibility index (Phi) is 2.72. The first-order valence-electron chi connectivity index (χ1n) is 4.00.